The van der Waals surface area contributed by atoms with Gasteiger partial charge in [0.1, 0.15) is 0 Å². The smallest absolute Gasteiger partial charge is 0.306 e. The number of carbonyl (C=O) groups excluding carboxylic acids is 1. The van der Waals surface area contributed by atoms with Crippen LogP contribution in [0.5, 0.6) is 0 Å². The van der Waals surface area contributed by atoms with Gasteiger partial charge in [0.05, 0.1) is 35.8 Å². The van der Waals surface area contributed by atoms with Crippen molar-refractivity contribution in [1.29, 1.82) is 0 Å². The highest BCUT2D eigenvalue weighted by Gasteiger charge is 2.20. The summed E-state index contributed by atoms with van der Waals surface area (Å²) in [6, 6.07) is 1.87. The fraction of sp³-hybridized carbons (Fsp3) is 0.444. The first kappa shape index (κ1) is 18.2. The van der Waals surface area contributed by atoms with Gasteiger partial charge in [0.15, 0.2) is 6.23 Å². The molecule has 0 bridgehead atoms. The summed E-state index contributed by atoms with van der Waals surface area (Å²) in [6.07, 6.45) is 5.59. The maximum atomic E-state index is 11.1. The van der Waals surface area contributed by atoms with Crippen molar-refractivity contribution in [2.75, 3.05) is 13.7 Å². The van der Waals surface area contributed by atoms with Gasteiger partial charge in [0.2, 0.25) is 0 Å². The van der Waals surface area contributed by atoms with Gasteiger partial charge in [0.25, 0.3) is 0 Å². The SMILES string of the molecule is COC(=O)CCC#Cc1c(Cl)cc2c(cnn2C2CCCCO2)c1Br. The highest BCUT2D eigenvalue weighted by molar-refractivity contribution is 9.10. The van der Waals surface area contributed by atoms with E-state index in [-0.39, 0.29) is 18.6 Å². The van der Waals surface area contributed by atoms with Crippen LogP contribution in [0.1, 0.15) is 43.9 Å². The van der Waals surface area contributed by atoms with Crippen molar-refractivity contribution < 1.29 is 14.3 Å². The maximum absolute atomic E-state index is 11.1. The van der Waals surface area contributed by atoms with E-state index in [2.05, 4.69) is 37.6 Å². The number of halogens is 2. The molecule has 3 rings (SSSR count). The van der Waals surface area contributed by atoms with Crippen molar-refractivity contribution in [1.82, 2.24) is 9.78 Å². The third-order valence-corrected chi connectivity index (χ3v) is 5.24. The Kier molecular flexibility index (Phi) is 6.00. The molecule has 0 N–H and O–H groups in total. The van der Waals surface area contributed by atoms with E-state index in [1.165, 1.54) is 7.11 Å². The van der Waals surface area contributed by atoms with Gasteiger partial charge in [-0.2, -0.15) is 5.10 Å². The highest BCUT2D eigenvalue weighted by atomic mass is 79.9. The Morgan fingerprint density at radius 2 is 2.40 bits per heavy atom. The number of methoxy groups -OCH3 is 1. The largest absolute Gasteiger partial charge is 0.469 e. The molecule has 7 heteroatoms. The minimum absolute atomic E-state index is 0.0498. The number of esters is 1. The van der Waals surface area contributed by atoms with Crippen LogP contribution in [0.2, 0.25) is 5.02 Å². The molecule has 1 saturated heterocycles. The van der Waals surface area contributed by atoms with E-state index >= 15 is 0 Å². The molecule has 5 nitrogen and oxygen atoms in total. The number of ether oxygens (including phenoxy) is 2. The Morgan fingerprint density at radius 3 is 3.12 bits per heavy atom. The summed E-state index contributed by atoms with van der Waals surface area (Å²) in [5, 5.41) is 5.97. The number of aromatic nitrogens is 2. The lowest BCUT2D eigenvalue weighted by Gasteiger charge is -2.23. The van der Waals surface area contributed by atoms with E-state index in [0.29, 0.717) is 17.0 Å². The Morgan fingerprint density at radius 1 is 1.56 bits per heavy atom. The van der Waals surface area contributed by atoms with E-state index in [4.69, 9.17) is 16.3 Å². The zero-order valence-electron chi connectivity index (χ0n) is 13.8. The second kappa shape index (κ2) is 8.22. The monoisotopic (exact) mass is 424 g/mol. The average molecular weight is 426 g/mol. The summed E-state index contributed by atoms with van der Waals surface area (Å²) in [5.41, 5.74) is 1.62. The van der Waals surface area contributed by atoms with Crippen LogP contribution in [-0.2, 0) is 14.3 Å². The molecule has 1 aromatic heterocycles. The summed E-state index contributed by atoms with van der Waals surface area (Å²) < 4.78 is 13.1. The molecule has 2 heterocycles. The van der Waals surface area contributed by atoms with Crippen LogP contribution in [0.15, 0.2) is 16.7 Å². The van der Waals surface area contributed by atoms with Crippen molar-refractivity contribution >= 4 is 44.4 Å². The minimum atomic E-state index is -0.274. The summed E-state index contributed by atoms with van der Waals surface area (Å²) >= 11 is 10.0. The second-order valence-corrected chi connectivity index (χ2v) is 6.97. The topological polar surface area (TPSA) is 53.3 Å². The fourth-order valence-electron chi connectivity index (χ4n) is 2.79. The van der Waals surface area contributed by atoms with Gasteiger partial charge in [-0.15, -0.1) is 0 Å². The van der Waals surface area contributed by atoms with Gasteiger partial charge in [-0.05, 0) is 41.3 Å². The van der Waals surface area contributed by atoms with Gasteiger partial charge in [0, 0.05) is 22.9 Å². The van der Waals surface area contributed by atoms with E-state index in [1.807, 2.05) is 10.7 Å². The Bertz CT molecular complexity index is 847. The Hall–Kier alpha value is -1.55. The molecule has 0 radical (unpaired) electrons. The molecule has 132 valence electrons. The van der Waals surface area contributed by atoms with Gasteiger partial charge in [-0.1, -0.05) is 23.4 Å². The summed E-state index contributed by atoms with van der Waals surface area (Å²) in [6.45, 7) is 0.755. The van der Waals surface area contributed by atoms with Crippen LogP contribution in [-0.4, -0.2) is 29.5 Å². The maximum Gasteiger partial charge on any atom is 0.306 e. The lowest BCUT2D eigenvalue weighted by molar-refractivity contribution is -0.140. The molecule has 1 aliphatic rings. The van der Waals surface area contributed by atoms with E-state index in [0.717, 1.165) is 41.2 Å². The molecule has 1 fully saturated rings. The van der Waals surface area contributed by atoms with Crippen molar-refractivity contribution in [3.05, 3.63) is 27.3 Å². The van der Waals surface area contributed by atoms with E-state index in [1.54, 1.807) is 6.20 Å². The van der Waals surface area contributed by atoms with Crippen LogP contribution in [0.4, 0.5) is 0 Å². The fourth-order valence-corrected chi connectivity index (χ4v) is 3.77. The van der Waals surface area contributed by atoms with Crippen molar-refractivity contribution in [3.63, 3.8) is 0 Å². The molecule has 1 aliphatic heterocycles. The first-order valence-corrected chi connectivity index (χ1v) is 9.31. The van der Waals surface area contributed by atoms with Gasteiger partial charge in [-0.25, -0.2) is 4.68 Å². The van der Waals surface area contributed by atoms with Gasteiger partial charge in [-0.3, -0.25) is 4.79 Å². The molecule has 0 amide bonds. The molecule has 0 saturated carbocycles. The van der Waals surface area contributed by atoms with Crippen molar-refractivity contribution in [2.45, 2.75) is 38.3 Å². The first-order chi connectivity index (χ1) is 12.1. The molecule has 2 aromatic rings. The van der Waals surface area contributed by atoms with Gasteiger partial charge >= 0.3 is 5.97 Å². The number of nitrogens with zero attached hydrogens (tertiary/aromatic N) is 2. The van der Waals surface area contributed by atoms with Crippen LogP contribution < -0.4 is 0 Å². The summed E-state index contributed by atoms with van der Waals surface area (Å²) in [4.78, 5) is 11.1. The van der Waals surface area contributed by atoms with Crippen LogP contribution in [0, 0.1) is 11.8 Å². The zero-order valence-corrected chi connectivity index (χ0v) is 16.2. The standard InChI is InChI=1S/C18H18BrClN2O3/c1-24-17(23)8-3-2-6-12-14(20)10-15-13(18(12)19)11-21-22(15)16-7-4-5-9-25-16/h10-11,16H,3-5,7-9H2,1H3. The van der Waals surface area contributed by atoms with Crippen LogP contribution in [0.25, 0.3) is 10.9 Å². The van der Waals surface area contributed by atoms with Crippen molar-refractivity contribution in [2.24, 2.45) is 0 Å². The predicted octanol–water partition coefficient (Wildman–Crippen LogP) is 4.46. The molecule has 0 spiro atoms. The number of hydrogen-bond donors (Lipinski definition) is 0. The molecule has 1 unspecified atom stereocenters. The van der Waals surface area contributed by atoms with Crippen molar-refractivity contribution in [3.8, 4) is 11.8 Å². The highest BCUT2D eigenvalue weighted by Crippen LogP contribution is 2.35. The second-order valence-electron chi connectivity index (χ2n) is 5.77. The molecule has 1 atom stereocenters. The minimum Gasteiger partial charge on any atom is -0.469 e. The predicted molar refractivity (Wildman–Crippen MR) is 99.4 cm³/mol. The number of fused-ring (bicyclic) bond motifs is 1. The van der Waals surface area contributed by atoms with Gasteiger partial charge < -0.3 is 9.47 Å². The number of benzene rings is 1. The number of carbonyl (C=O) groups is 1. The number of rotatable bonds is 3. The Labute approximate surface area is 159 Å². The number of hydrogen-bond acceptors (Lipinski definition) is 4. The van der Waals surface area contributed by atoms with E-state index in [9.17, 15) is 4.79 Å². The quantitative estimate of drug-likeness (QED) is 0.538. The molecule has 25 heavy (non-hydrogen) atoms. The third kappa shape index (κ3) is 4.00. The zero-order chi connectivity index (χ0) is 17.8. The van der Waals surface area contributed by atoms with Crippen LogP contribution >= 0.6 is 27.5 Å². The normalized spacial score (nSPS) is 17.2. The average Bonchev–Trinajstić information content (AvgIpc) is 3.05. The molecule has 1 aromatic carbocycles. The molecule has 0 aliphatic carbocycles. The Balaban J connectivity index is 1.89. The van der Waals surface area contributed by atoms with E-state index < -0.39 is 0 Å². The summed E-state index contributed by atoms with van der Waals surface area (Å²) in [7, 11) is 1.37. The first-order valence-electron chi connectivity index (χ1n) is 8.14. The lowest BCUT2D eigenvalue weighted by atomic mass is 10.1. The molecular formula is C18H18BrClN2O3. The van der Waals surface area contributed by atoms with Crippen LogP contribution in [0.3, 0.4) is 0 Å². The summed E-state index contributed by atoms with van der Waals surface area (Å²) in [5.74, 6) is 5.73. The lowest BCUT2D eigenvalue weighted by Crippen LogP contribution is -2.18. The third-order valence-electron chi connectivity index (χ3n) is 4.12. The molecular weight excluding hydrogens is 408 g/mol.